The van der Waals surface area contributed by atoms with Gasteiger partial charge in [0.15, 0.2) is 0 Å². The number of hydrogen-bond acceptors (Lipinski definition) is 3. The van der Waals surface area contributed by atoms with Crippen molar-refractivity contribution in [3.8, 4) is 0 Å². The smallest absolute Gasteiger partial charge is 0.242 e. The molecule has 0 aromatic heterocycles. The maximum Gasteiger partial charge on any atom is 0.242 e. The monoisotopic (exact) mass is 261 g/mol. The van der Waals surface area contributed by atoms with E-state index >= 15 is 0 Å². The minimum Gasteiger partial charge on any atom is -0.376 e. The fourth-order valence-corrected chi connectivity index (χ4v) is 1.65. The Bertz CT molecular complexity index is 443. The number of carbonyl (C=O) groups is 2. The Morgan fingerprint density at radius 2 is 1.95 bits per heavy atom. The molecule has 0 spiro atoms. The number of anilines is 1. The zero-order valence-electron chi connectivity index (χ0n) is 11.0. The Kier molecular flexibility index (Phi) is 4.39. The van der Waals surface area contributed by atoms with Crippen molar-refractivity contribution in [1.29, 1.82) is 0 Å². The Labute approximate surface area is 112 Å². The van der Waals surface area contributed by atoms with Gasteiger partial charge in [-0.15, -0.1) is 0 Å². The minimum absolute atomic E-state index is 0.115. The quantitative estimate of drug-likeness (QED) is 0.712. The molecule has 0 aliphatic heterocycles. The average molecular weight is 261 g/mol. The van der Waals surface area contributed by atoms with Crippen LogP contribution in [0.4, 0.5) is 5.69 Å². The predicted molar refractivity (Wildman–Crippen MR) is 73.7 cm³/mol. The molecular weight excluding hydrogens is 242 g/mol. The van der Waals surface area contributed by atoms with Gasteiger partial charge in [-0.3, -0.25) is 9.59 Å². The molecule has 1 unspecified atom stereocenters. The molecule has 2 rings (SSSR count). The summed E-state index contributed by atoms with van der Waals surface area (Å²) in [5.74, 6) is -0.308. The van der Waals surface area contributed by atoms with Gasteiger partial charge >= 0.3 is 0 Å². The Balaban J connectivity index is 1.69. The standard InChI is InChI=1S/C14H19N3O2/c1-10(14(19)17-12-7-8-12)16-13(18)9-15-11-5-3-2-4-6-11/h2-6,10,12,15H,7-9H2,1H3,(H,16,18)(H,17,19). The Hall–Kier alpha value is -2.04. The number of hydrogen-bond donors (Lipinski definition) is 3. The summed E-state index contributed by atoms with van der Waals surface area (Å²) in [5.41, 5.74) is 0.882. The summed E-state index contributed by atoms with van der Waals surface area (Å²) in [6.45, 7) is 1.85. The topological polar surface area (TPSA) is 70.2 Å². The van der Waals surface area contributed by atoms with Crippen molar-refractivity contribution in [3.05, 3.63) is 30.3 Å². The molecule has 1 aromatic carbocycles. The van der Waals surface area contributed by atoms with Gasteiger partial charge in [0.05, 0.1) is 6.54 Å². The summed E-state index contributed by atoms with van der Waals surface area (Å²) >= 11 is 0. The minimum atomic E-state index is -0.495. The van der Waals surface area contributed by atoms with Crippen LogP contribution in [0.25, 0.3) is 0 Å². The molecular formula is C14H19N3O2. The fraction of sp³-hybridized carbons (Fsp3) is 0.429. The maximum absolute atomic E-state index is 11.7. The van der Waals surface area contributed by atoms with E-state index in [-0.39, 0.29) is 18.4 Å². The summed E-state index contributed by atoms with van der Waals surface area (Å²) in [6.07, 6.45) is 2.09. The largest absolute Gasteiger partial charge is 0.376 e. The second-order valence-electron chi connectivity index (χ2n) is 4.79. The van der Waals surface area contributed by atoms with Gasteiger partial charge < -0.3 is 16.0 Å². The third-order valence-electron chi connectivity index (χ3n) is 2.92. The molecule has 1 saturated carbocycles. The molecule has 1 aliphatic rings. The molecule has 1 aliphatic carbocycles. The molecule has 0 saturated heterocycles. The highest BCUT2D eigenvalue weighted by atomic mass is 16.2. The van der Waals surface area contributed by atoms with Crippen LogP contribution < -0.4 is 16.0 Å². The maximum atomic E-state index is 11.7. The van der Waals surface area contributed by atoms with Crippen LogP contribution in [0, 0.1) is 0 Å². The molecule has 102 valence electrons. The first kappa shape index (κ1) is 13.4. The highest BCUT2D eigenvalue weighted by Gasteiger charge is 2.26. The Morgan fingerprint density at radius 3 is 2.58 bits per heavy atom. The number of para-hydroxylation sites is 1. The molecule has 0 bridgehead atoms. The summed E-state index contributed by atoms with van der Waals surface area (Å²) < 4.78 is 0. The van der Waals surface area contributed by atoms with Crippen molar-refractivity contribution >= 4 is 17.5 Å². The van der Waals surface area contributed by atoms with Crippen molar-refractivity contribution in [3.63, 3.8) is 0 Å². The second kappa shape index (κ2) is 6.22. The lowest BCUT2D eigenvalue weighted by atomic mass is 10.3. The van der Waals surface area contributed by atoms with Crippen molar-refractivity contribution in [2.24, 2.45) is 0 Å². The molecule has 0 heterocycles. The van der Waals surface area contributed by atoms with E-state index in [2.05, 4.69) is 16.0 Å². The van der Waals surface area contributed by atoms with E-state index in [1.807, 2.05) is 30.3 Å². The molecule has 1 atom stereocenters. The third-order valence-corrected chi connectivity index (χ3v) is 2.92. The van der Waals surface area contributed by atoms with E-state index in [0.717, 1.165) is 18.5 Å². The number of benzene rings is 1. The molecule has 5 nitrogen and oxygen atoms in total. The lowest BCUT2D eigenvalue weighted by Crippen LogP contribution is -2.47. The van der Waals surface area contributed by atoms with Gasteiger partial charge in [-0.2, -0.15) is 0 Å². The van der Waals surface area contributed by atoms with Gasteiger partial charge in [-0.25, -0.2) is 0 Å². The van der Waals surface area contributed by atoms with E-state index in [1.54, 1.807) is 6.92 Å². The van der Waals surface area contributed by atoms with Crippen LogP contribution in [0.3, 0.4) is 0 Å². The summed E-state index contributed by atoms with van der Waals surface area (Å²) in [6, 6.07) is 9.29. The van der Waals surface area contributed by atoms with Gasteiger partial charge in [0.2, 0.25) is 11.8 Å². The van der Waals surface area contributed by atoms with Gasteiger partial charge in [-0.1, -0.05) is 18.2 Å². The molecule has 3 N–H and O–H groups in total. The number of carbonyl (C=O) groups excluding carboxylic acids is 2. The van der Waals surface area contributed by atoms with E-state index in [4.69, 9.17) is 0 Å². The van der Waals surface area contributed by atoms with Gasteiger partial charge in [0.25, 0.3) is 0 Å². The van der Waals surface area contributed by atoms with Crippen molar-refractivity contribution < 1.29 is 9.59 Å². The molecule has 5 heteroatoms. The predicted octanol–water partition coefficient (Wildman–Crippen LogP) is 0.882. The Morgan fingerprint density at radius 1 is 1.26 bits per heavy atom. The highest BCUT2D eigenvalue weighted by Crippen LogP contribution is 2.18. The first-order valence-electron chi connectivity index (χ1n) is 6.54. The van der Waals surface area contributed by atoms with E-state index in [0.29, 0.717) is 6.04 Å². The van der Waals surface area contributed by atoms with Gasteiger partial charge in [0.1, 0.15) is 6.04 Å². The van der Waals surface area contributed by atoms with E-state index < -0.39 is 6.04 Å². The molecule has 1 fully saturated rings. The number of rotatable bonds is 6. The summed E-state index contributed by atoms with van der Waals surface area (Å²) in [5, 5.41) is 8.53. The average Bonchev–Trinajstić information content (AvgIpc) is 3.21. The van der Waals surface area contributed by atoms with Crippen molar-refractivity contribution in [2.45, 2.75) is 31.8 Å². The van der Waals surface area contributed by atoms with E-state index in [9.17, 15) is 9.59 Å². The van der Waals surface area contributed by atoms with Crippen LogP contribution in [0.15, 0.2) is 30.3 Å². The lowest BCUT2D eigenvalue weighted by Gasteiger charge is -2.14. The first-order chi connectivity index (χ1) is 9.15. The SMILES string of the molecule is CC(NC(=O)CNc1ccccc1)C(=O)NC1CC1. The molecule has 19 heavy (non-hydrogen) atoms. The van der Waals surface area contributed by atoms with Gasteiger partial charge in [-0.05, 0) is 31.9 Å². The van der Waals surface area contributed by atoms with E-state index in [1.165, 1.54) is 0 Å². The molecule has 1 aromatic rings. The normalized spacial score (nSPS) is 15.4. The van der Waals surface area contributed by atoms with Crippen molar-refractivity contribution in [2.75, 3.05) is 11.9 Å². The fourth-order valence-electron chi connectivity index (χ4n) is 1.65. The van der Waals surface area contributed by atoms with Gasteiger partial charge in [0, 0.05) is 11.7 Å². The number of amides is 2. The second-order valence-corrected chi connectivity index (χ2v) is 4.79. The summed E-state index contributed by atoms with van der Waals surface area (Å²) in [7, 11) is 0. The van der Waals surface area contributed by atoms with Crippen LogP contribution >= 0.6 is 0 Å². The summed E-state index contributed by atoms with van der Waals surface area (Å²) in [4.78, 5) is 23.3. The molecule has 2 amide bonds. The first-order valence-corrected chi connectivity index (χ1v) is 6.54. The van der Waals surface area contributed by atoms with Crippen LogP contribution in [-0.2, 0) is 9.59 Å². The van der Waals surface area contributed by atoms with Crippen LogP contribution in [0.5, 0.6) is 0 Å². The van der Waals surface area contributed by atoms with Crippen molar-refractivity contribution in [1.82, 2.24) is 10.6 Å². The van der Waals surface area contributed by atoms with Crippen LogP contribution in [-0.4, -0.2) is 30.4 Å². The highest BCUT2D eigenvalue weighted by molar-refractivity contribution is 5.89. The number of nitrogens with one attached hydrogen (secondary N) is 3. The van der Waals surface area contributed by atoms with Crippen LogP contribution in [0.2, 0.25) is 0 Å². The zero-order chi connectivity index (χ0) is 13.7. The van der Waals surface area contributed by atoms with Crippen LogP contribution in [0.1, 0.15) is 19.8 Å². The lowest BCUT2D eigenvalue weighted by molar-refractivity contribution is -0.127. The molecule has 0 radical (unpaired) electrons. The zero-order valence-corrected chi connectivity index (χ0v) is 11.0. The third kappa shape index (κ3) is 4.62.